The number of hydrogen-bond acceptors (Lipinski definition) is 1. The van der Waals surface area contributed by atoms with Crippen molar-refractivity contribution in [3.63, 3.8) is 0 Å². The molecule has 0 aromatic heterocycles. The molecule has 0 aromatic carbocycles. The summed E-state index contributed by atoms with van der Waals surface area (Å²) in [6.07, 6.45) is 4.98. The average molecular weight is 269 g/mol. The summed E-state index contributed by atoms with van der Waals surface area (Å²) < 4.78 is 0. The van der Waals surface area contributed by atoms with Crippen molar-refractivity contribution < 1.29 is 4.79 Å². The Balaban J connectivity index is 1.86. The molecule has 0 N–H and O–H groups in total. The molecule has 1 nitrogen and oxygen atoms in total. The Morgan fingerprint density at radius 3 is 2.56 bits per heavy atom. The van der Waals surface area contributed by atoms with E-state index in [2.05, 4.69) is 20.8 Å². The van der Waals surface area contributed by atoms with Crippen LogP contribution in [-0.4, -0.2) is 10.7 Å². The van der Waals surface area contributed by atoms with E-state index in [0.29, 0.717) is 17.1 Å². The monoisotopic (exact) mass is 268 g/mol. The molecule has 3 saturated carbocycles. The van der Waals surface area contributed by atoms with Crippen LogP contribution in [0.2, 0.25) is 0 Å². The van der Waals surface area contributed by atoms with E-state index in [1.54, 1.807) is 0 Å². The minimum Gasteiger partial charge on any atom is -0.297 e. The molecule has 3 rings (SSSR count). The highest BCUT2D eigenvalue weighted by atomic mass is 35.5. The molecule has 0 saturated heterocycles. The van der Waals surface area contributed by atoms with Gasteiger partial charge in [-0.15, -0.1) is 11.6 Å². The molecule has 0 heterocycles. The van der Waals surface area contributed by atoms with Gasteiger partial charge >= 0.3 is 0 Å². The molecule has 102 valence electrons. The fraction of sp³-hybridized carbons (Fsp3) is 0.938. The normalized spacial score (nSPS) is 55.1. The fourth-order valence-electron chi connectivity index (χ4n) is 5.30. The molecule has 3 aliphatic rings. The number of alkyl halides is 1. The predicted octanol–water partition coefficient (Wildman–Crippen LogP) is 4.28. The van der Waals surface area contributed by atoms with Crippen LogP contribution in [0.3, 0.4) is 0 Å². The third kappa shape index (κ3) is 1.49. The van der Waals surface area contributed by atoms with Crippen LogP contribution < -0.4 is 0 Å². The highest BCUT2D eigenvalue weighted by molar-refractivity contribution is 6.38. The van der Waals surface area contributed by atoms with Crippen LogP contribution in [-0.2, 0) is 4.79 Å². The van der Waals surface area contributed by atoms with E-state index >= 15 is 0 Å². The van der Waals surface area contributed by atoms with Crippen molar-refractivity contribution in [3.05, 3.63) is 0 Å². The van der Waals surface area contributed by atoms with Gasteiger partial charge in [-0.05, 0) is 61.7 Å². The molecule has 3 fully saturated rings. The van der Waals surface area contributed by atoms with Crippen LogP contribution in [0.1, 0.15) is 53.4 Å². The maximum Gasteiger partial charge on any atom is 0.157 e. The largest absolute Gasteiger partial charge is 0.297 e. The molecule has 0 aromatic rings. The summed E-state index contributed by atoms with van der Waals surface area (Å²) in [6, 6.07) is 0. The van der Waals surface area contributed by atoms with Gasteiger partial charge in [0.05, 0.1) is 0 Å². The molecule has 18 heavy (non-hydrogen) atoms. The molecule has 2 heteroatoms. The van der Waals surface area contributed by atoms with Gasteiger partial charge in [0.1, 0.15) is 4.87 Å². The van der Waals surface area contributed by atoms with Gasteiger partial charge in [0, 0.05) is 5.92 Å². The minimum absolute atomic E-state index is 0.282. The first-order chi connectivity index (χ1) is 8.27. The number of carbonyl (C=O) groups excluding carboxylic acids is 1. The van der Waals surface area contributed by atoms with Gasteiger partial charge in [0.25, 0.3) is 0 Å². The van der Waals surface area contributed by atoms with Crippen molar-refractivity contribution in [2.45, 2.75) is 58.3 Å². The Hall–Kier alpha value is -0.0400. The van der Waals surface area contributed by atoms with E-state index in [-0.39, 0.29) is 5.92 Å². The quantitative estimate of drug-likeness (QED) is 0.649. The molecule has 0 bridgehead atoms. The second-order valence-corrected chi connectivity index (χ2v) is 8.58. The van der Waals surface area contributed by atoms with Crippen molar-refractivity contribution in [3.8, 4) is 0 Å². The van der Waals surface area contributed by atoms with E-state index in [9.17, 15) is 4.79 Å². The summed E-state index contributed by atoms with van der Waals surface area (Å²) >= 11 is 6.43. The van der Waals surface area contributed by atoms with Crippen LogP contribution in [0.15, 0.2) is 0 Å². The lowest BCUT2D eigenvalue weighted by Crippen LogP contribution is -2.62. The maximum atomic E-state index is 12.2. The fourth-order valence-corrected chi connectivity index (χ4v) is 5.67. The van der Waals surface area contributed by atoms with Crippen LogP contribution in [0.5, 0.6) is 0 Å². The Bertz CT molecular complexity index is 387. The standard InChI is InChI=1S/C16H25ClO/c1-9(2)10-5-6-15(3)8-13-11(7-12(10)15)14(18)16(13,4)17/h9-13H,5-8H2,1-4H3/t10-,11+,12-,13-,15+,16-/m0/s1. The van der Waals surface area contributed by atoms with Crippen LogP contribution >= 0.6 is 11.6 Å². The molecule has 0 radical (unpaired) electrons. The second kappa shape index (κ2) is 3.75. The lowest BCUT2D eigenvalue weighted by atomic mass is 9.49. The Morgan fingerprint density at radius 1 is 1.28 bits per heavy atom. The number of rotatable bonds is 1. The predicted molar refractivity (Wildman–Crippen MR) is 74.6 cm³/mol. The van der Waals surface area contributed by atoms with Gasteiger partial charge in [-0.2, -0.15) is 0 Å². The molecule has 0 spiro atoms. The van der Waals surface area contributed by atoms with Gasteiger partial charge in [0.2, 0.25) is 0 Å². The van der Waals surface area contributed by atoms with Gasteiger partial charge in [0.15, 0.2) is 5.78 Å². The molecule has 0 amide bonds. The minimum atomic E-state index is -0.547. The van der Waals surface area contributed by atoms with Crippen molar-refractivity contribution in [1.82, 2.24) is 0 Å². The van der Waals surface area contributed by atoms with E-state index in [1.165, 1.54) is 19.3 Å². The third-order valence-corrected chi connectivity index (χ3v) is 6.98. The van der Waals surface area contributed by atoms with Crippen LogP contribution in [0.4, 0.5) is 0 Å². The first-order valence-electron chi connectivity index (χ1n) is 7.50. The summed E-state index contributed by atoms with van der Waals surface area (Å²) in [7, 11) is 0. The third-order valence-electron chi connectivity index (χ3n) is 6.51. The summed E-state index contributed by atoms with van der Waals surface area (Å²) in [5.74, 6) is 3.39. The lowest BCUT2D eigenvalue weighted by molar-refractivity contribution is -0.149. The zero-order chi connectivity index (χ0) is 13.3. The molecule has 0 aliphatic heterocycles. The SMILES string of the molecule is CC(C)[C@@H]1CC[C@]2(C)C[C@H]3[C@@H](C[C@@H]12)C(=O)[C@@]3(C)Cl. The summed E-state index contributed by atoms with van der Waals surface area (Å²) in [5, 5.41) is 0. The summed E-state index contributed by atoms with van der Waals surface area (Å²) in [6.45, 7) is 9.08. The zero-order valence-corrected chi connectivity index (χ0v) is 12.8. The highest BCUT2D eigenvalue weighted by Gasteiger charge is 2.65. The summed E-state index contributed by atoms with van der Waals surface area (Å²) in [4.78, 5) is 11.6. The number of ketones is 1. The van der Waals surface area contributed by atoms with E-state index < -0.39 is 4.87 Å². The van der Waals surface area contributed by atoms with E-state index in [4.69, 9.17) is 11.6 Å². The van der Waals surface area contributed by atoms with Gasteiger partial charge in [-0.1, -0.05) is 20.8 Å². The van der Waals surface area contributed by atoms with Gasteiger partial charge < -0.3 is 0 Å². The summed E-state index contributed by atoms with van der Waals surface area (Å²) in [5.41, 5.74) is 0.451. The van der Waals surface area contributed by atoms with E-state index in [1.807, 2.05) is 6.92 Å². The first kappa shape index (κ1) is 13.0. The van der Waals surface area contributed by atoms with Gasteiger partial charge in [-0.3, -0.25) is 4.79 Å². The molecular weight excluding hydrogens is 244 g/mol. The van der Waals surface area contributed by atoms with Crippen LogP contribution in [0, 0.1) is 35.0 Å². The Labute approximate surface area is 116 Å². The smallest absolute Gasteiger partial charge is 0.157 e. The average Bonchev–Trinajstić information content (AvgIpc) is 2.63. The Morgan fingerprint density at radius 2 is 1.94 bits per heavy atom. The number of hydrogen-bond donors (Lipinski definition) is 0. The second-order valence-electron chi connectivity index (χ2n) is 7.80. The van der Waals surface area contributed by atoms with Gasteiger partial charge in [-0.25, -0.2) is 0 Å². The van der Waals surface area contributed by atoms with E-state index in [0.717, 1.165) is 24.2 Å². The lowest BCUT2D eigenvalue weighted by Gasteiger charge is -2.57. The number of carbonyl (C=O) groups is 1. The topological polar surface area (TPSA) is 17.1 Å². The van der Waals surface area contributed by atoms with Crippen molar-refractivity contribution in [2.75, 3.05) is 0 Å². The van der Waals surface area contributed by atoms with Crippen molar-refractivity contribution in [1.29, 1.82) is 0 Å². The first-order valence-corrected chi connectivity index (χ1v) is 7.88. The molecule has 0 unspecified atom stereocenters. The maximum absolute atomic E-state index is 12.2. The molecule has 3 aliphatic carbocycles. The number of Topliss-reactive ketones (excluding diaryl/α,β-unsaturated/α-hetero) is 1. The highest BCUT2D eigenvalue weighted by Crippen LogP contribution is 2.65. The number of fused-ring (bicyclic) bond motifs is 2. The number of halogens is 1. The van der Waals surface area contributed by atoms with Crippen molar-refractivity contribution in [2.24, 2.45) is 35.0 Å². The molecule has 6 atom stereocenters. The zero-order valence-electron chi connectivity index (χ0n) is 12.0. The van der Waals surface area contributed by atoms with Crippen LogP contribution in [0.25, 0.3) is 0 Å². The molecular formula is C16H25ClO. The van der Waals surface area contributed by atoms with Crippen molar-refractivity contribution >= 4 is 17.4 Å². The Kier molecular flexibility index (Phi) is 2.70.